The third kappa shape index (κ3) is 2.61. The molecule has 0 saturated carbocycles. The summed E-state index contributed by atoms with van der Waals surface area (Å²) in [6.07, 6.45) is 3.98. The summed E-state index contributed by atoms with van der Waals surface area (Å²) >= 11 is 0. The topological polar surface area (TPSA) is 41.1 Å². The minimum Gasteiger partial charge on any atom is -0.349 e. The maximum atomic E-state index is 13.5. The average Bonchev–Trinajstić information content (AvgIpc) is 2.71. The molecule has 2 aliphatic heterocycles. The van der Waals surface area contributed by atoms with Crippen molar-refractivity contribution in [2.24, 2.45) is 0 Å². The van der Waals surface area contributed by atoms with E-state index in [-0.39, 0.29) is 11.6 Å². The zero-order chi connectivity index (χ0) is 13.4. The fraction of sp³-hybridized carbons (Fsp3) is 0.500. The molecular formula is C14H16F2N2O. The first-order chi connectivity index (χ1) is 9.11. The molecule has 3 nitrogen and oxygen atoms in total. The molecule has 2 aliphatic rings. The van der Waals surface area contributed by atoms with Crippen molar-refractivity contribution in [3.63, 3.8) is 0 Å². The molecule has 2 saturated heterocycles. The number of carbonyl (C=O) groups excluding carboxylic acids is 1. The molecule has 102 valence electrons. The van der Waals surface area contributed by atoms with Crippen LogP contribution in [0.5, 0.6) is 0 Å². The van der Waals surface area contributed by atoms with Gasteiger partial charge in [0.2, 0.25) is 0 Å². The Hall–Kier alpha value is -1.49. The van der Waals surface area contributed by atoms with Crippen LogP contribution < -0.4 is 10.6 Å². The van der Waals surface area contributed by atoms with E-state index in [4.69, 9.17) is 0 Å². The Balaban J connectivity index is 1.69. The van der Waals surface area contributed by atoms with Crippen LogP contribution in [0.25, 0.3) is 0 Å². The molecule has 0 aliphatic carbocycles. The lowest BCUT2D eigenvalue weighted by Crippen LogP contribution is -2.48. The van der Waals surface area contributed by atoms with Gasteiger partial charge in [0.1, 0.15) is 11.6 Å². The van der Waals surface area contributed by atoms with Crippen LogP contribution in [0.2, 0.25) is 0 Å². The van der Waals surface area contributed by atoms with Crippen LogP contribution in [0, 0.1) is 11.6 Å². The van der Waals surface area contributed by atoms with Crippen molar-refractivity contribution in [1.29, 1.82) is 0 Å². The largest absolute Gasteiger partial charge is 0.349 e. The molecule has 2 fully saturated rings. The monoisotopic (exact) mass is 266 g/mol. The molecule has 1 amide bonds. The van der Waals surface area contributed by atoms with Crippen LogP contribution in [0.3, 0.4) is 0 Å². The summed E-state index contributed by atoms with van der Waals surface area (Å²) in [4.78, 5) is 12.0. The van der Waals surface area contributed by atoms with E-state index >= 15 is 0 Å². The van der Waals surface area contributed by atoms with Crippen molar-refractivity contribution in [3.05, 3.63) is 35.4 Å². The second-order valence-corrected chi connectivity index (χ2v) is 5.40. The third-order valence-electron chi connectivity index (χ3n) is 3.98. The van der Waals surface area contributed by atoms with Crippen molar-refractivity contribution >= 4 is 5.91 Å². The first-order valence-electron chi connectivity index (χ1n) is 6.64. The molecule has 2 N–H and O–H groups in total. The number of benzene rings is 1. The molecule has 1 aromatic rings. The Morgan fingerprint density at radius 3 is 2.58 bits per heavy atom. The van der Waals surface area contributed by atoms with Crippen molar-refractivity contribution in [3.8, 4) is 0 Å². The smallest absolute Gasteiger partial charge is 0.254 e. The fourth-order valence-electron chi connectivity index (χ4n) is 3.11. The summed E-state index contributed by atoms with van der Waals surface area (Å²) in [5.74, 6) is -1.81. The zero-order valence-corrected chi connectivity index (χ0v) is 10.5. The van der Waals surface area contributed by atoms with Gasteiger partial charge in [-0.15, -0.1) is 0 Å². The van der Waals surface area contributed by atoms with E-state index in [1.165, 1.54) is 0 Å². The average molecular weight is 266 g/mol. The SMILES string of the molecule is O=C(NC1CC2CCC(C1)N2)c1cc(F)ccc1F. The quantitative estimate of drug-likeness (QED) is 0.859. The van der Waals surface area contributed by atoms with Crippen molar-refractivity contribution in [1.82, 2.24) is 10.6 Å². The highest BCUT2D eigenvalue weighted by Crippen LogP contribution is 2.27. The Kier molecular flexibility index (Phi) is 3.22. The second kappa shape index (κ2) is 4.89. The van der Waals surface area contributed by atoms with Gasteiger partial charge in [-0.3, -0.25) is 4.79 Å². The van der Waals surface area contributed by atoms with Gasteiger partial charge in [0, 0.05) is 18.1 Å². The number of fused-ring (bicyclic) bond motifs is 2. The van der Waals surface area contributed by atoms with E-state index in [2.05, 4.69) is 10.6 Å². The number of rotatable bonds is 2. The molecule has 2 atom stereocenters. The van der Waals surface area contributed by atoms with Gasteiger partial charge < -0.3 is 10.6 Å². The highest BCUT2D eigenvalue weighted by Gasteiger charge is 2.34. The van der Waals surface area contributed by atoms with E-state index < -0.39 is 17.5 Å². The van der Waals surface area contributed by atoms with E-state index in [0.717, 1.165) is 43.9 Å². The standard InChI is InChI=1S/C14H16F2N2O/c15-8-1-4-13(16)12(5-8)14(19)18-11-6-9-2-3-10(7-11)17-9/h1,4-5,9-11,17H,2-3,6-7H2,(H,18,19). The number of halogens is 2. The summed E-state index contributed by atoms with van der Waals surface area (Å²) in [5, 5.41) is 6.29. The Morgan fingerprint density at radius 2 is 1.89 bits per heavy atom. The summed E-state index contributed by atoms with van der Waals surface area (Å²) in [7, 11) is 0. The van der Waals surface area contributed by atoms with Crippen LogP contribution in [0.4, 0.5) is 8.78 Å². The lowest BCUT2D eigenvalue weighted by molar-refractivity contribution is 0.0919. The summed E-state index contributed by atoms with van der Waals surface area (Å²) < 4.78 is 26.6. The van der Waals surface area contributed by atoms with E-state index in [9.17, 15) is 13.6 Å². The van der Waals surface area contributed by atoms with Gasteiger partial charge >= 0.3 is 0 Å². The van der Waals surface area contributed by atoms with E-state index in [1.54, 1.807) is 0 Å². The van der Waals surface area contributed by atoms with Gasteiger partial charge in [-0.2, -0.15) is 0 Å². The number of piperidine rings is 1. The number of amides is 1. The lowest BCUT2D eigenvalue weighted by atomic mass is 9.99. The molecule has 19 heavy (non-hydrogen) atoms. The predicted molar refractivity (Wildman–Crippen MR) is 66.8 cm³/mol. The van der Waals surface area contributed by atoms with Gasteiger partial charge in [0.15, 0.2) is 0 Å². The first kappa shape index (κ1) is 12.5. The number of hydrogen-bond acceptors (Lipinski definition) is 2. The third-order valence-corrected chi connectivity index (χ3v) is 3.98. The molecule has 0 aromatic heterocycles. The maximum Gasteiger partial charge on any atom is 0.254 e. The molecule has 3 rings (SSSR count). The molecule has 2 heterocycles. The highest BCUT2D eigenvalue weighted by atomic mass is 19.1. The Labute approximate surface area is 110 Å². The van der Waals surface area contributed by atoms with Gasteiger partial charge in [0.05, 0.1) is 5.56 Å². The van der Waals surface area contributed by atoms with Crippen LogP contribution >= 0.6 is 0 Å². The summed E-state index contributed by atoms with van der Waals surface area (Å²) in [5.41, 5.74) is -0.217. The first-order valence-corrected chi connectivity index (χ1v) is 6.64. The predicted octanol–water partition coefficient (Wildman–Crippen LogP) is 1.98. The zero-order valence-electron chi connectivity index (χ0n) is 10.5. The van der Waals surface area contributed by atoms with Gasteiger partial charge in [0.25, 0.3) is 5.91 Å². The van der Waals surface area contributed by atoms with Gasteiger partial charge in [-0.1, -0.05) is 0 Å². The molecule has 0 radical (unpaired) electrons. The highest BCUT2D eigenvalue weighted by molar-refractivity contribution is 5.94. The number of nitrogens with one attached hydrogen (secondary N) is 2. The minimum atomic E-state index is -0.684. The van der Waals surface area contributed by atoms with Crippen molar-refractivity contribution < 1.29 is 13.6 Å². The molecule has 1 aromatic carbocycles. The fourth-order valence-corrected chi connectivity index (χ4v) is 3.11. The van der Waals surface area contributed by atoms with Crippen LogP contribution in [-0.4, -0.2) is 24.0 Å². The van der Waals surface area contributed by atoms with E-state index in [1.807, 2.05) is 0 Å². The van der Waals surface area contributed by atoms with E-state index in [0.29, 0.717) is 12.1 Å². The molecule has 5 heteroatoms. The Bertz CT molecular complexity index is 494. The van der Waals surface area contributed by atoms with Crippen LogP contribution in [0.1, 0.15) is 36.0 Å². The van der Waals surface area contributed by atoms with Crippen LogP contribution in [0.15, 0.2) is 18.2 Å². The molecule has 2 bridgehead atoms. The second-order valence-electron chi connectivity index (χ2n) is 5.40. The van der Waals surface area contributed by atoms with Crippen molar-refractivity contribution in [2.75, 3.05) is 0 Å². The molecular weight excluding hydrogens is 250 g/mol. The van der Waals surface area contributed by atoms with Gasteiger partial charge in [-0.25, -0.2) is 8.78 Å². The van der Waals surface area contributed by atoms with Crippen molar-refractivity contribution in [2.45, 2.75) is 43.8 Å². The Morgan fingerprint density at radius 1 is 1.21 bits per heavy atom. The minimum absolute atomic E-state index is 0.0499. The number of hydrogen-bond donors (Lipinski definition) is 2. The normalized spacial score (nSPS) is 29.3. The maximum absolute atomic E-state index is 13.5. The van der Waals surface area contributed by atoms with Crippen LogP contribution in [-0.2, 0) is 0 Å². The molecule has 0 spiro atoms. The lowest BCUT2D eigenvalue weighted by Gasteiger charge is -2.29. The molecule has 2 unspecified atom stereocenters. The number of carbonyl (C=O) groups is 1. The summed E-state index contributed by atoms with van der Waals surface area (Å²) in [6, 6.07) is 3.88. The summed E-state index contributed by atoms with van der Waals surface area (Å²) in [6.45, 7) is 0. The van der Waals surface area contributed by atoms with Gasteiger partial charge in [-0.05, 0) is 43.9 Å².